The maximum absolute atomic E-state index is 12.7. The number of carbonyl (C=O) groups is 2. The third-order valence-electron chi connectivity index (χ3n) is 4.23. The lowest BCUT2D eigenvalue weighted by molar-refractivity contribution is -0.155. The molecule has 6 nitrogen and oxygen atoms in total. The van der Waals surface area contributed by atoms with E-state index in [1.807, 2.05) is 26.0 Å². The van der Waals surface area contributed by atoms with Crippen molar-refractivity contribution in [3.63, 3.8) is 0 Å². The number of halogens is 1. The van der Waals surface area contributed by atoms with E-state index in [4.69, 9.17) is 21.1 Å². The fourth-order valence-electron chi connectivity index (χ4n) is 2.74. The van der Waals surface area contributed by atoms with E-state index in [0.29, 0.717) is 29.7 Å². The van der Waals surface area contributed by atoms with Gasteiger partial charge in [-0.25, -0.2) is 4.98 Å². The largest absolute Gasteiger partial charge is 0.465 e. The van der Waals surface area contributed by atoms with Crippen LogP contribution in [0.5, 0.6) is 11.6 Å². The summed E-state index contributed by atoms with van der Waals surface area (Å²) in [7, 11) is 0. The van der Waals surface area contributed by atoms with Gasteiger partial charge in [0, 0.05) is 25.4 Å². The van der Waals surface area contributed by atoms with Crippen LogP contribution in [0.1, 0.15) is 26.3 Å². The number of hydrogen-bond acceptors (Lipinski definition) is 5. The van der Waals surface area contributed by atoms with Gasteiger partial charge in [0.25, 0.3) is 0 Å². The maximum Gasteiger partial charge on any atom is 0.318 e. The smallest absolute Gasteiger partial charge is 0.318 e. The number of esters is 1. The molecular formula is C21H25ClN2O4. The van der Waals surface area contributed by atoms with E-state index in [0.717, 1.165) is 5.56 Å². The standard InChI is InChI=1S/C21H25ClN2O4/c1-4-24(5-2)20(25)18(21(26)27-6-3)13-15-7-10-17(11-8-15)28-19-12-9-16(22)14-23-19/h7-12,14,18H,4-6,13H2,1-3H3. The number of hydrogen-bond donors (Lipinski definition) is 0. The fourth-order valence-corrected chi connectivity index (χ4v) is 2.85. The molecule has 150 valence electrons. The lowest BCUT2D eigenvalue weighted by Gasteiger charge is -2.24. The molecule has 0 bridgehead atoms. The molecule has 0 aliphatic rings. The van der Waals surface area contributed by atoms with Crippen molar-refractivity contribution in [2.45, 2.75) is 27.2 Å². The molecule has 0 aliphatic carbocycles. The summed E-state index contributed by atoms with van der Waals surface area (Å²) in [6.07, 6.45) is 1.78. The van der Waals surface area contributed by atoms with E-state index in [9.17, 15) is 9.59 Å². The van der Waals surface area contributed by atoms with Gasteiger partial charge in [0.05, 0.1) is 11.6 Å². The number of amides is 1. The fraction of sp³-hybridized carbons (Fsp3) is 0.381. The highest BCUT2D eigenvalue weighted by Crippen LogP contribution is 2.22. The quantitative estimate of drug-likeness (QED) is 0.464. The van der Waals surface area contributed by atoms with Crippen LogP contribution in [0, 0.1) is 5.92 Å². The van der Waals surface area contributed by atoms with E-state index < -0.39 is 11.9 Å². The SMILES string of the molecule is CCOC(=O)C(Cc1ccc(Oc2ccc(Cl)cn2)cc1)C(=O)N(CC)CC. The Morgan fingerprint density at radius 3 is 2.29 bits per heavy atom. The first-order valence-electron chi connectivity index (χ1n) is 9.32. The number of nitrogens with zero attached hydrogens (tertiary/aromatic N) is 2. The molecule has 0 saturated heterocycles. The van der Waals surface area contributed by atoms with Gasteiger partial charge in [0.15, 0.2) is 0 Å². The van der Waals surface area contributed by atoms with Crippen LogP contribution in [0.15, 0.2) is 42.6 Å². The summed E-state index contributed by atoms with van der Waals surface area (Å²) in [6.45, 7) is 6.84. The number of benzene rings is 1. The van der Waals surface area contributed by atoms with E-state index in [1.165, 1.54) is 6.20 Å². The Morgan fingerprint density at radius 2 is 1.75 bits per heavy atom. The number of aromatic nitrogens is 1. The Labute approximate surface area is 170 Å². The summed E-state index contributed by atoms with van der Waals surface area (Å²) in [5.74, 6) is -0.539. The Morgan fingerprint density at radius 1 is 1.07 bits per heavy atom. The highest BCUT2D eigenvalue weighted by atomic mass is 35.5. The minimum Gasteiger partial charge on any atom is -0.465 e. The van der Waals surface area contributed by atoms with Crippen molar-refractivity contribution in [2.24, 2.45) is 5.92 Å². The summed E-state index contributed by atoms with van der Waals surface area (Å²) in [4.78, 5) is 30.8. The molecule has 1 atom stereocenters. The Kier molecular flexibility index (Phi) is 8.26. The summed E-state index contributed by atoms with van der Waals surface area (Å²) in [6, 6.07) is 10.6. The van der Waals surface area contributed by atoms with Crippen molar-refractivity contribution < 1.29 is 19.1 Å². The average molecular weight is 405 g/mol. The molecule has 0 saturated carbocycles. The molecule has 1 aromatic carbocycles. The third kappa shape index (κ3) is 5.96. The van der Waals surface area contributed by atoms with Crippen molar-refractivity contribution in [1.29, 1.82) is 0 Å². The number of ether oxygens (including phenoxy) is 2. The van der Waals surface area contributed by atoms with Crippen molar-refractivity contribution in [1.82, 2.24) is 9.88 Å². The van der Waals surface area contributed by atoms with Crippen molar-refractivity contribution in [3.8, 4) is 11.6 Å². The second-order valence-electron chi connectivity index (χ2n) is 6.08. The van der Waals surface area contributed by atoms with Crippen LogP contribution in [0.2, 0.25) is 5.02 Å². The van der Waals surface area contributed by atoms with Crippen LogP contribution in [0.3, 0.4) is 0 Å². The zero-order valence-electron chi connectivity index (χ0n) is 16.4. The molecule has 1 amide bonds. The lowest BCUT2D eigenvalue weighted by atomic mass is 9.97. The molecule has 1 unspecified atom stereocenters. The topological polar surface area (TPSA) is 68.7 Å². The molecule has 0 N–H and O–H groups in total. The van der Waals surface area contributed by atoms with E-state index >= 15 is 0 Å². The van der Waals surface area contributed by atoms with E-state index in [-0.39, 0.29) is 18.9 Å². The average Bonchev–Trinajstić information content (AvgIpc) is 2.70. The molecule has 2 rings (SSSR count). The van der Waals surface area contributed by atoms with E-state index in [2.05, 4.69) is 4.98 Å². The lowest BCUT2D eigenvalue weighted by Crippen LogP contribution is -2.41. The van der Waals surface area contributed by atoms with Crippen LogP contribution < -0.4 is 4.74 Å². The second kappa shape index (κ2) is 10.7. The van der Waals surface area contributed by atoms with Crippen LogP contribution in [-0.4, -0.2) is 41.5 Å². The molecule has 0 radical (unpaired) electrons. The van der Waals surface area contributed by atoms with Gasteiger partial charge in [0.2, 0.25) is 11.8 Å². The van der Waals surface area contributed by atoms with Crippen molar-refractivity contribution >= 4 is 23.5 Å². The zero-order valence-corrected chi connectivity index (χ0v) is 17.1. The molecule has 0 spiro atoms. The van der Waals surface area contributed by atoms with Gasteiger partial charge in [-0.15, -0.1) is 0 Å². The Bertz CT molecular complexity index is 774. The first-order valence-corrected chi connectivity index (χ1v) is 9.70. The first-order chi connectivity index (χ1) is 13.5. The predicted molar refractivity (Wildman–Crippen MR) is 108 cm³/mol. The van der Waals surface area contributed by atoms with E-state index in [1.54, 1.807) is 36.1 Å². The predicted octanol–water partition coefficient (Wildman–Crippen LogP) is 4.12. The van der Waals surface area contributed by atoms with Gasteiger partial charge in [-0.05, 0) is 51.0 Å². The summed E-state index contributed by atoms with van der Waals surface area (Å²) in [5.41, 5.74) is 0.843. The van der Waals surface area contributed by atoms with Crippen LogP contribution >= 0.6 is 11.6 Å². The number of rotatable bonds is 9. The Hall–Kier alpha value is -2.60. The molecule has 0 fully saturated rings. The van der Waals surface area contributed by atoms with Gasteiger partial charge in [-0.2, -0.15) is 0 Å². The minimum absolute atomic E-state index is 0.214. The minimum atomic E-state index is -0.857. The normalized spacial score (nSPS) is 11.6. The monoisotopic (exact) mass is 404 g/mol. The van der Waals surface area contributed by atoms with Crippen molar-refractivity contribution in [2.75, 3.05) is 19.7 Å². The van der Waals surface area contributed by atoms with Gasteiger partial charge < -0.3 is 14.4 Å². The molecular weight excluding hydrogens is 380 g/mol. The molecule has 0 aliphatic heterocycles. The van der Waals surface area contributed by atoms with Crippen molar-refractivity contribution in [3.05, 3.63) is 53.2 Å². The molecule has 7 heteroatoms. The summed E-state index contributed by atoms with van der Waals surface area (Å²) in [5, 5.41) is 0.533. The summed E-state index contributed by atoms with van der Waals surface area (Å²) >= 11 is 5.81. The number of carbonyl (C=O) groups excluding carboxylic acids is 2. The highest BCUT2D eigenvalue weighted by Gasteiger charge is 2.31. The first kappa shape index (κ1) is 21.7. The van der Waals surface area contributed by atoms with Crippen LogP contribution in [-0.2, 0) is 20.7 Å². The van der Waals surface area contributed by atoms with Crippen LogP contribution in [0.25, 0.3) is 0 Å². The zero-order chi connectivity index (χ0) is 20.5. The van der Waals surface area contributed by atoms with Gasteiger partial charge >= 0.3 is 5.97 Å². The van der Waals surface area contributed by atoms with Gasteiger partial charge in [-0.3, -0.25) is 9.59 Å². The maximum atomic E-state index is 12.7. The van der Waals surface area contributed by atoms with Crippen LogP contribution in [0.4, 0.5) is 0 Å². The highest BCUT2D eigenvalue weighted by molar-refractivity contribution is 6.30. The number of pyridine rings is 1. The molecule has 28 heavy (non-hydrogen) atoms. The summed E-state index contributed by atoms with van der Waals surface area (Å²) < 4.78 is 10.8. The molecule has 1 heterocycles. The van der Waals surface area contributed by atoms with Gasteiger partial charge in [0.1, 0.15) is 11.7 Å². The second-order valence-corrected chi connectivity index (χ2v) is 6.52. The van der Waals surface area contributed by atoms with Gasteiger partial charge in [-0.1, -0.05) is 23.7 Å². The molecule has 2 aromatic rings. The Balaban J connectivity index is 2.11. The molecule has 1 aromatic heterocycles. The third-order valence-corrected chi connectivity index (χ3v) is 4.45.